The predicted molar refractivity (Wildman–Crippen MR) is 159 cm³/mol. The molecule has 1 fully saturated rings. The summed E-state index contributed by atoms with van der Waals surface area (Å²) in [5.74, 6) is 1.68. The van der Waals surface area contributed by atoms with Gasteiger partial charge in [0.05, 0.1) is 0 Å². The predicted octanol–water partition coefficient (Wildman–Crippen LogP) is 10.1. The molecule has 4 rings (SSSR count). The molecule has 1 saturated carbocycles. The molecule has 188 valence electrons. The zero-order valence-corrected chi connectivity index (χ0v) is 23.2. The summed E-state index contributed by atoms with van der Waals surface area (Å²) in [7, 11) is 0. The van der Waals surface area contributed by atoms with Gasteiger partial charge >= 0.3 is 0 Å². The summed E-state index contributed by atoms with van der Waals surface area (Å²) in [6.45, 7) is 24.8. The van der Waals surface area contributed by atoms with Crippen LogP contribution in [-0.4, -0.2) is 0 Å². The average molecular weight is 477 g/mol. The van der Waals surface area contributed by atoms with E-state index in [9.17, 15) is 0 Å². The highest BCUT2D eigenvalue weighted by Crippen LogP contribution is 2.57. The van der Waals surface area contributed by atoms with Crippen LogP contribution in [0.4, 0.5) is 0 Å². The molecule has 2 aliphatic carbocycles. The van der Waals surface area contributed by atoms with E-state index in [1.165, 1.54) is 44.5 Å². The van der Waals surface area contributed by atoms with Gasteiger partial charge in [-0.15, -0.1) is 0 Å². The highest BCUT2D eigenvalue weighted by molar-refractivity contribution is 5.69. The maximum atomic E-state index is 4.73. The SMILES string of the molecule is C=C(C)c1cccc(C=C2CC3=CC(C)C(C(=C)CCC)C(c4ccc(CC)c(CC)c4)C3C2=C)c1. The van der Waals surface area contributed by atoms with Crippen molar-refractivity contribution in [2.75, 3.05) is 0 Å². The quantitative estimate of drug-likeness (QED) is 0.332. The lowest BCUT2D eigenvalue weighted by Crippen LogP contribution is -2.31. The fourth-order valence-electron chi connectivity index (χ4n) is 6.73. The summed E-state index contributed by atoms with van der Waals surface area (Å²) in [6, 6.07) is 16.0. The number of hydrogen-bond donors (Lipinski definition) is 0. The number of fused-ring (bicyclic) bond motifs is 1. The Morgan fingerprint density at radius 2 is 1.75 bits per heavy atom. The van der Waals surface area contributed by atoms with Gasteiger partial charge in [0, 0.05) is 11.8 Å². The Hall–Kier alpha value is -2.86. The lowest BCUT2D eigenvalue weighted by atomic mass is 9.62. The van der Waals surface area contributed by atoms with Crippen LogP contribution in [0.1, 0.15) is 87.6 Å². The van der Waals surface area contributed by atoms with E-state index in [0.29, 0.717) is 23.7 Å². The molecule has 0 bridgehead atoms. The van der Waals surface area contributed by atoms with Crippen LogP contribution >= 0.6 is 0 Å². The molecule has 2 aliphatic rings. The summed E-state index contributed by atoms with van der Waals surface area (Å²) >= 11 is 0. The fraction of sp³-hybridized carbons (Fsp3) is 0.389. The maximum absolute atomic E-state index is 4.73. The van der Waals surface area contributed by atoms with Crippen molar-refractivity contribution < 1.29 is 0 Å². The molecule has 0 aliphatic heterocycles. The third-order valence-corrected chi connectivity index (χ3v) is 8.51. The van der Waals surface area contributed by atoms with Crippen LogP contribution < -0.4 is 0 Å². The first kappa shape index (κ1) is 26.2. The molecule has 2 aromatic rings. The van der Waals surface area contributed by atoms with Crippen molar-refractivity contribution in [1.82, 2.24) is 0 Å². The van der Waals surface area contributed by atoms with E-state index in [1.54, 1.807) is 5.57 Å². The standard InChI is InChI=1S/C36H44/c1-9-13-24(6)34-25(7)18-33-22-32(20-27-14-12-15-30(19-27)23(4)5)26(8)35(33)36(34)31-17-16-28(10-2)29(11-3)21-31/h12,14-21,25,34-36H,4,6,8-11,13,22H2,1-3,5,7H3. The normalized spacial score (nSPS) is 24.5. The molecule has 0 nitrogen and oxygen atoms in total. The van der Waals surface area contributed by atoms with E-state index < -0.39 is 0 Å². The molecule has 4 atom stereocenters. The first-order chi connectivity index (χ1) is 17.3. The fourth-order valence-corrected chi connectivity index (χ4v) is 6.73. The van der Waals surface area contributed by atoms with Crippen LogP contribution in [0.3, 0.4) is 0 Å². The zero-order chi connectivity index (χ0) is 26.0. The molecule has 0 heterocycles. The van der Waals surface area contributed by atoms with Gasteiger partial charge in [0.15, 0.2) is 0 Å². The van der Waals surface area contributed by atoms with Gasteiger partial charge < -0.3 is 0 Å². The lowest BCUT2D eigenvalue weighted by molar-refractivity contribution is 0.322. The Balaban J connectivity index is 1.80. The minimum Gasteiger partial charge on any atom is -0.0995 e. The number of rotatable bonds is 8. The molecule has 0 N–H and O–H groups in total. The summed E-state index contributed by atoms with van der Waals surface area (Å²) in [5, 5.41) is 0. The molecule has 4 unspecified atom stereocenters. The summed E-state index contributed by atoms with van der Waals surface area (Å²) in [6.07, 6.45) is 10.3. The van der Waals surface area contributed by atoms with E-state index in [1.807, 2.05) is 0 Å². The van der Waals surface area contributed by atoms with Gasteiger partial charge in [0.25, 0.3) is 0 Å². The van der Waals surface area contributed by atoms with Crippen LogP contribution in [0.25, 0.3) is 11.6 Å². The molecular formula is C36H44. The Labute approximate surface area is 220 Å². The second-order valence-corrected chi connectivity index (χ2v) is 11.1. The summed E-state index contributed by atoms with van der Waals surface area (Å²) in [4.78, 5) is 0. The zero-order valence-electron chi connectivity index (χ0n) is 23.2. The van der Waals surface area contributed by atoms with Gasteiger partial charge in [-0.1, -0.05) is 119 Å². The van der Waals surface area contributed by atoms with Gasteiger partial charge in [-0.2, -0.15) is 0 Å². The topological polar surface area (TPSA) is 0 Å². The Kier molecular flexibility index (Phi) is 8.04. The number of allylic oxidation sites excluding steroid dienone is 6. The largest absolute Gasteiger partial charge is 0.0995 e. The van der Waals surface area contributed by atoms with E-state index in [0.717, 1.165) is 37.7 Å². The molecule has 36 heavy (non-hydrogen) atoms. The molecule has 0 spiro atoms. The smallest absolute Gasteiger partial charge is 0.0123 e. The molecule has 0 radical (unpaired) electrons. The van der Waals surface area contributed by atoms with Crippen LogP contribution in [0.15, 0.2) is 90.6 Å². The number of benzene rings is 2. The molecule has 0 amide bonds. The monoisotopic (exact) mass is 476 g/mol. The van der Waals surface area contributed by atoms with Crippen LogP contribution in [0, 0.1) is 17.8 Å². The Morgan fingerprint density at radius 1 is 1.00 bits per heavy atom. The van der Waals surface area contributed by atoms with E-state index in [-0.39, 0.29) is 0 Å². The molecule has 0 saturated heterocycles. The molecular weight excluding hydrogens is 432 g/mol. The molecule has 2 aromatic carbocycles. The highest BCUT2D eigenvalue weighted by Gasteiger charge is 2.45. The van der Waals surface area contributed by atoms with E-state index in [4.69, 9.17) is 6.58 Å². The van der Waals surface area contributed by atoms with Crippen LogP contribution in [0.2, 0.25) is 0 Å². The van der Waals surface area contributed by atoms with E-state index >= 15 is 0 Å². The third-order valence-electron chi connectivity index (χ3n) is 8.51. The summed E-state index contributed by atoms with van der Waals surface area (Å²) in [5.41, 5.74) is 13.6. The number of hydrogen-bond acceptors (Lipinski definition) is 0. The minimum absolute atomic E-state index is 0.354. The maximum Gasteiger partial charge on any atom is 0.0123 e. The van der Waals surface area contributed by atoms with Crippen molar-refractivity contribution in [2.45, 2.75) is 72.6 Å². The Morgan fingerprint density at radius 3 is 2.42 bits per heavy atom. The second-order valence-electron chi connectivity index (χ2n) is 11.1. The second kappa shape index (κ2) is 11.0. The lowest BCUT2D eigenvalue weighted by Gasteiger charge is -2.42. The molecule has 0 aromatic heterocycles. The van der Waals surface area contributed by atoms with Crippen molar-refractivity contribution in [1.29, 1.82) is 0 Å². The number of aryl methyl sites for hydroxylation is 2. The van der Waals surface area contributed by atoms with Gasteiger partial charge in [0.1, 0.15) is 0 Å². The Bertz CT molecular complexity index is 1230. The third kappa shape index (κ3) is 5.01. The minimum atomic E-state index is 0.354. The highest BCUT2D eigenvalue weighted by atomic mass is 14.5. The van der Waals surface area contributed by atoms with Gasteiger partial charge in [-0.25, -0.2) is 0 Å². The first-order valence-corrected chi connectivity index (χ1v) is 13.9. The molecule has 0 heteroatoms. The van der Waals surface area contributed by atoms with E-state index in [2.05, 4.69) is 102 Å². The first-order valence-electron chi connectivity index (χ1n) is 13.9. The van der Waals surface area contributed by atoms with Crippen molar-refractivity contribution >= 4 is 11.6 Å². The van der Waals surface area contributed by atoms with Crippen molar-refractivity contribution in [3.05, 3.63) is 118 Å². The van der Waals surface area contributed by atoms with Gasteiger partial charge in [0.2, 0.25) is 0 Å². The van der Waals surface area contributed by atoms with Crippen molar-refractivity contribution in [2.24, 2.45) is 17.8 Å². The summed E-state index contributed by atoms with van der Waals surface area (Å²) < 4.78 is 0. The van der Waals surface area contributed by atoms with Crippen LogP contribution in [-0.2, 0) is 12.8 Å². The van der Waals surface area contributed by atoms with Crippen LogP contribution in [0.5, 0.6) is 0 Å². The average Bonchev–Trinajstić information content (AvgIpc) is 3.17. The van der Waals surface area contributed by atoms with Gasteiger partial charge in [-0.05, 0) is 89.5 Å². The van der Waals surface area contributed by atoms with Crippen molar-refractivity contribution in [3.63, 3.8) is 0 Å². The van der Waals surface area contributed by atoms with Crippen molar-refractivity contribution in [3.8, 4) is 0 Å². The van der Waals surface area contributed by atoms with Gasteiger partial charge in [-0.3, -0.25) is 0 Å².